The van der Waals surface area contributed by atoms with Crippen LogP contribution in [-0.4, -0.2) is 47.7 Å². The average Bonchev–Trinajstić information content (AvgIpc) is 2.79. The van der Waals surface area contributed by atoms with E-state index in [0.717, 1.165) is 68.8 Å². The molecule has 0 N–H and O–H groups in total. The number of para-hydroxylation sites is 1. The molecule has 4 heterocycles. The Morgan fingerprint density at radius 3 is 2.28 bits per heavy atom. The van der Waals surface area contributed by atoms with Gasteiger partial charge in [-0.05, 0) is 43.5 Å². The zero-order valence-electron chi connectivity index (χ0n) is 16.8. The fraction of sp³-hybridized carbons (Fsp3) is 0.348. The summed E-state index contributed by atoms with van der Waals surface area (Å²) in [6, 6.07) is 16.9. The average molecular weight is 387 g/mol. The topological polar surface area (TPSA) is 48.4 Å². The predicted octanol–water partition coefficient (Wildman–Crippen LogP) is 3.59. The van der Waals surface area contributed by atoms with Gasteiger partial charge in [0.05, 0.1) is 0 Å². The van der Waals surface area contributed by atoms with Crippen molar-refractivity contribution in [1.29, 1.82) is 0 Å². The summed E-state index contributed by atoms with van der Waals surface area (Å²) in [4.78, 5) is 21.1. The van der Waals surface area contributed by atoms with Crippen molar-refractivity contribution in [2.75, 3.05) is 47.4 Å². The van der Waals surface area contributed by atoms with Gasteiger partial charge in [-0.2, -0.15) is 0 Å². The number of fused-ring (bicyclic) bond motifs is 1. The lowest BCUT2D eigenvalue weighted by Crippen LogP contribution is -2.47. The summed E-state index contributed by atoms with van der Waals surface area (Å²) in [6.07, 6.45) is 4.15. The number of benzene rings is 1. The van der Waals surface area contributed by atoms with E-state index in [1.54, 1.807) is 0 Å². The molecular formula is C23H26N6. The summed E-state index contributed by atoms with van der Waals surface area (Å²) in [5, 5.41) is 0. The number of nitrogens with zero attached hydrogens (tertiary/aromatic N) is 6. The van der Waals surface area contributed by atoms with Gasteiger partial charge >= 0.3 is 0 Å². The SMILES string of the molecule is Cc1nc(N2CCN(c3ccccn3)CC2)cc(N2CCCc3ccccc32)n1. The molecule has 6 heteroatoms. The molecule has 0 atom stereocenters. The van der Waals surface area contributed by atoms with E-state index in [4.69, 9.17) is 9.97 Å². The first-order valence-corrected chi connectivity index (χ1v) is 10.4. The van der Waals surface area contributed by atoms with Gasteiger partial charge < -0.3 is 14.7 Å². The van der Waals surface area contributed by atoms with Crippen molar-refractivity contribution in [2.45, 2.75) is 19.8 Å². The molecule has 0 aliphatic carbocycles. The van der Waals surface area contributed by atoms with Gasteiger partial charge in [0.1, 0.15) is 23.3 Å². The number of hydrogen-bond acceptors (Lipinski definition) is 6. The van der Waals surface area contributed by atoms with E-state index in [1.807, 2.05) is 25.3 Å². The lowest BCUT2D eigenvalue weighted by Gasteiger charge is -2.36. The molecule has 1 fully saturated rings. The Kier molecular flexibility index (Phi) is 4.76. The minimum Gasteiger partial charge on any atom is -0.353 e. The van der Waals surface area contributed by atoms with Gasteiger partial charge in [-0.1, -0.05) is 24.3 Å². The largest absolute Gasteiger partial charge is 0.353 e. The second-order valence-corrected chi connectivity index (χ2v) is 7.68. The molecule has 0 saturated carbocycles. The molecule has 2 aromatic heterocycles. The third-order valence-electron chi connectivity index (χ3n) is 5.77. The number of hydrogen-bond donors (Lipinski definition) is 0. The van der Waals surface area contributed by atoms with Crippen molar-refractivity contribution in [3.8, 4) is 0 Å². The highest BCUT2D eigenvalue weighted by Gasteiger charge is 2.23. The summed E-state index contributed by atoms with van der Waals surface area (Å²) in [5.41, 5.74) is 2.68. The number of aromatic nitrogens is 3. The molecule has 1 saturated heterocycles. The van der Waals surface area contributed by atoms with Gasteiger partial charge in [-0.15, -0.1) is 0 Å². The summed E-state index contributed by atoms with van der Waals surface area (Å²) >= 11 is 0. The van der Waals surface area contributed by atoms with Crippen molar-refractivity contribution in [3.63, 3.8) is 0 Å². The molecule has 1 aromatic carbocycles. The first-order valence-electron chi connectivity index (χ1n) is 10.4. The number of piperazine rings is 1. The van der Waals surface area contributed by atoms with E-state index in [-0.39, 0.29) is 0 Å². The highest BCUT2D eigenvalue weighted by Crippen LogP contribution is 2.33. The standard InChI is InChI=1S/C23H26N6/c1-18-25-22(28-15-13-27(14-16-28)21-10-4-5-11-24-21)17-23(26-18)29-12-6-8-19-7-2-3-9-20(19)29/h2-5,7,9-11,17H,6,8,12-16H2,1H3. The maximum absolute atomic E-state index is 4.78. The minimum atomic E-state index is 0.827. The van der Waals surface area contributed by atoms with Gasteiger partial charge in [0.15, 0.2) is 0 Å². The third kappa shape index (κ3) is 3.62. The molecule has 0 unspecified atom stereocenters. The number of aryl methyl sites for hydroxylation is 2. The van der Waals surface area contributed by atoms with Crippen LogP contribution in [0.3, 0.4) is 0 Å². The monoisotopic (exact) mass is 386 g/mol. The maximum atomic E-state index is 4.78. The van der Waals surface area contributed by atoms with Crippen LogP contribution in [0.5, 0.6) is 0 Å². The van der Waals surface area contributed by atoms with Crippen LogP contribution in [0.1, 0.15) is 17.8 Å². The Labute approximate surface area is 171 Å². The molecule has 0 radical (unpaired) electrons. The van der Waals surface area contributed by atoms with E-state index in [2.05, 4.69) is 56.1 Å². The predicted molar refractivity (Wildman–Crippen MR) is 117 cm³/mol. The molecule has 6 nitrogen and oxygen atoms in total. The number of anilines is 4. The van der Waals surface area contributed by atoms with Gasteiger partial charge in [0, 0.05) is 50.7 Å². The summed E-state index contributed by atoms with van der Waals surface area (Å²) in [5.74, 6) is 3.91. The second kappa shape index (κ2) is 7.70. The summed E-state index contributed by atoms with van der Waals surface area (Å²) < 4.78 is 0. The Hall–Kier alpha value is -3.15. The van der Waals surface area contributed by atoms with Crippen molar-refractivity contribution < 1.29 is 0 Å². The zero-order chi connectivity index (χ0) is 19.6. The molecule has 0 spiro atoms. The van der Waals surface area contributed by atoms with Crippen LogP contribution in [0, 0.1) is 6.92 Å². The van der Waals surface area contributed by atoms with Crippen molar-refractivity contribution >= 4 is 23.1 Å². The Morgan fingerprint density at radius 2 is 1.48 bits per heavy atom. The van der Waals surface area contributed by atoms with Gasteiger partial charge in [-0.3, -0.25) is 0 Å². The first kappa shape index (κ1) is 17.9. The Balaban J connectivity index is 1.37. The molecule has 148 valence electrons. The lowest BCUT2D eigenvalue weighted by atomic mass is 10.0. The first-order chi connectivity index (χ1) is 14.3. The quantitative estimate of drug-likeness (QED) is 0.686. The zero-order valence-corrected chi connectivity index (χ0v) is 16.8. The fourth-order valence-corrected chi connectivity index (χ4v) is 4.31. The smallest absolute Gasteiger partial charge is 0.138 e. The van der Waals surface area contributed by atoms with E-state index < -0.39 is 0 Å². The van der Waals surface area contributed by atoms with Crippen molar-refractivity contribution in [2.24, 2.45) is 0 Å². The van der Waals surface area contributed by atoms with Crippen LogP contribution < -0.4 is 14.7 Å². The van der Waals surface area contributed by atoms with E-state index in [9.17, 15) is 0 Å². The number of pyridine rings is 1. The molecule has 2 aliphatic heterocycles. The minimum absolute atomic E-state index is 0.827. The van der Waals surface area contributed by atoms with Gasteiger partial charge in [-0.25, -0.2) is 15.0 Å². The summed E-state index contributed by atoms with van der Waals surface area (Å²) in [6.45, 7) is 6.75. The van der Waals surface area contributed by atoms with Crippen molar-refractivity contribution in [3.05, 3.63) is 66.1 Å². The normalized spacial score (nSPS) is 16.7. The van der Waals surface area contributed by atoms with Crippen LogP contribution in [0.4, 0.5) is 23.1 Å². The van der Waals surface area contributed by atoms with E-state index in [0.29, 0.717) is 0 Å². The van der Waals surface area contributed by atoms with Crippen LogP contribution in [-0.2, 0) is 6.42 Å². The molecule has 0 amide bonds. The van der Waals surface area contributed by atoms with Crippen molar-refractivity contribution in [1.82, 2.24) is 15.0 Å². The van der Waals surface area contributed by atoms with Gasteiger partial charge in [0.2, 0.25) is 0 Å². The maximum Gasteiger partial charge on any atom is 0.138 e. The Morgan fingerprint density at radius 1 is 0.759 bits per heavy atom. The summed E-state index contributed by atoms with van der Waals surface area (Å²) in [7, 11) is 0. The van der Waals surface area contributed by atoms with Crippen LogP contribution >= 0.6 is 0 Å². The molecule has 2 aliphatic rings. The van der Waals surface area contributed by atoms with E-state index >= 15 is 0 Å². The molecule has 0 bridgehead atoms. The van der Waals surface area contributed by atoms with Gasteiger partial charge in [0.25, 0.3) is 0 Å². The highest BCUT2D eigenvalue weighted by molar-refractivity contribution is 5.67. The third-order valence-corrected chi connectivity index (χ3v) is 5.77. The van der Waals surface area contributed by atoms with Crippen LogP contribution in [0.15, 0.2) is 54.7 Å². The highest BCUT2D eigenvalue weighted by atomic mass is 15.3. The fourth-order valence-electron chi connectivity index (χ4n) is 4.31. The van der Waals surface area contributed by atoms with Crippen LogP contribution in [0.25, 0.3) is 0 Å². The Bertz CT molecular complexity index is 982. The molecule has 5 rings (SSSR count). The van der Waals surface area contributed by atoms with E-state index in [1.165, 1.54) is 11.3 Å². The van der Waals surface area contributed by atoms with Crippen LogP contribution in [0.2, 0.25) is 0 Å². The molecule has 3 aromatic rings. The number of rotatable bonds is 3. The lowest BCUT2D eigenvalue weighted by molar-refractivity contribution is 0.639. The second-order valence-electron chi connectivity index (χ2n) is 7.68. The molecule has 29 heavy (non-hydrogen) atoms. The molecular weight excluding hydrogens is 360 g/mol.